The summed E-state index contributed by atoms with van der Waals surface area (Å²) in [7, 11) is 1.53. The predicted octanol–water partition coefficient (Wildman–Crippen LogP) is 2.32. The van der Waals surface area contributed by atoms with Gasteiger partial charge in [-0.2, -0.15) is 0 Å². The van der Waals surface area contributed by atoms with Crippen LogP contribution in [0.1, 0.15) is 18.4 Å². The van der Waals surface area contributed by atoms with Gasteiger partial charge in [-0.05, 0) is 30.5 Å². The van der Waals surface area contributed by atoms with Crippen molar-refractivity contribution >= 4 is 21.8 Å². The minimum Gasteiger partial charge on any atom is -0.375 e. The Hall–Kier alpha value is -0.980. The molecule has 0 bridgehead atoms. The van der Waals surface area contributed by atoms with Crippen LogP contribution in [0.15, 0.2) is 22.7 Å². The van der Waals surface area contributed by atoms with Crippen LogP contribution in [-0.4, -0.2) is 43.7 Å². The third-order valence-electron chi connectivity index (χ3n) is 3.71. The summed E-state index contributed by atoms with van der Waals surface area (Å²) in [6.07, 6.45) is 1.85. The Morgan fingerprint density at radius 1 is 1.48 bits per heavy atom. The molecule has 0 saturated carbocycles. The van der Waals surface area contributed by atoms with Crippen LogP contribution in [0.4, 0.5) is 4.39 Å². The van der Waals surface area contributed by atoms with Crippen molar-refractivity contribution in [1.82, 2.24) is 10.2 Å². The molecule has 0 spiro atoms. The highest BCUT2D eigenvalue weighted by molar-refractivity contribution is 9.10. The minimum absolute atomic E-state index is 0.0530. The van der Waals surface area contributed by atoms with Gasteiger partial charge in [0.1, 0.15) is 12.4 Å². The molecule has 1 saturated heterocycles. The number of halogens is 2. The zero-order valence-corrected chi connectivity index (χ0v) is 13.7. The third-order valence-corrected chi connectivity index (χ3v) is 4.45. The number of amides is 1. The largest absolute Gasteiger partial charge is 0.375 e. The molecule has 0 unspecified atom stereocenters. The first kappa shape index (κ1) is 16.4. The molecule has 0 aromatic heterocycles. The summed E-state index contributed by atoms with van der Waals surface area (Å²) >= 11 is 3.37. The maximum Gasteiger partial charge on any atom is 0.248 e. The van der Waals surface area contributed by atoms with E-state index < -0.39 is 0 Å². The van der Waals surface area contributed by atoms with Crippen molar-refractivity contribution in [2.75, 3.05) is 26.8 Å². The quantitative estimate of drug-likeness (QED) is 0.878. The van der Waals surface area contributed by atoms with Gasteiger partial charge in [0.15, 0.2) is 0 Å². The number of carbonyl (C=O) groups excluding carboxylic acids is 1. The molecule has 1 aliphatic rings. The lowest BCUT2D eigenvalue weighted by Crippen LogP contribution is -2.45. The third kappa shape index (κ3) is 4.76. The highest BCUT2D eigenvalue weighted by Gasteiger charge is 2.22. The van der Waals surface area contributed by atoms with Crippen molar-refractivity contribution < 1.29 is 13.9 Å². The Labute approximate surface area is 132 Å². The number of carbonyl (C=O) groups is 1. The second-order valence-electron chi connectivity index (χ2n) is 5.20. The molecule has 1 heterocycles. The summed E-state index contributed by atoms with van der Waals surface area (Å²) in [5.74, 6) is -0.187. The van der Waals surface area contributed by atoms with Crippen molar-refractivity contribution in [3.8, 4) is 0 Å². The fraction of sp³-hybridized carbons (Fsp3) is 0.533. The highest BCUT2D eigenvalue weighted by atomic mass is 79.9. The molecule has 1 amide bonds. The summed E-state index contributed by atoms with van der Waals surface area (Å²) in [6.45, 7) is 2.35. The molecule has 0 atom stereocenters. The summed E-state index contributed by atoms with van der Waals surface area (Å²) in [5, 5.41) is 3.47. The molecule has 1 fully saturated rings. The van der Waals surface area contributed by atoms with Crippen molar-refractivity contribution in [3.63, 3.8) is 0 Å². The van der Waals surface area contributed by atoms with Crippen LogP contribution < -0.4 is 5.32 Å². The summed E-state index contributed by atoms with van der Waals surface area (Å²) in [4.78, 5) is 13.5. The van der Waals surface area contributed by atoms with E-state index in [1.165, 1.54) is 19.2 Å². The van der Waals surface area contributed by atoms with Crippen LogP contribution in [0, 0.1) is 5.82 Å². The van der Waals surface area contributed by atoms with Crippen LogP contribution >= 0.6 is 15.9 Å². The second kappa shape index (κ2) is 7.87. The van der Waals surface area contributed by atoms with Crippen LogP contribution in [0.5, 0.6) is 0 Å². The SMILES string of the molecule is COCC(=O)N1CCC(NCc2ccc(F)cc2Br)CC1. The van der Waals surface area contributed by atoms with E-state index in [1.54, 1.807) is 6.07 Å². The number of likely N-dealkylation sites (tertiary alicyclic amines) is 1. The van der Waals surface area contributed by atoms with Crippen molar-refractivity contribution in [2.24, 2.45) is 0 Å². The first-order valence-corrected chi connectivity index (χ1v) is 7.83. The van der Waals surface area contributed by atoms with Gasteiger partial charge in [-0.15, -0.1) is 0 Å². The van der Waals surface area contributed by atoms with Gasteiger partial charge >= 0.3 is 0 Å². The summed E-state index contributed by atoms with van der Waals surface area (Å²) in [5.41, 5.74) is 1.04. The lowest BCUT2D eigenvalue weighted by molar-refractivity contribution is -0.136. The monoisotopic (exact) mass is 358 g/mol. The van der Waals surface area contributed by atoms with Crippen LogP contribution in [0.2, 0.25) is 0 Å². The lowest BCUT2D eigenvalue weighted by Gasteiger charge is -2.32. The first-order chi connectivity index (χ1) is 10.1. The van der Waals surface area contributed by atoms with Gasteiger partial charge in [-0.1, -0.05) is 22.0 Å². The highest BCUT2D eigenvalue weighted by Crippen LogP contribution is 2.19. The fourth-order valence-electron chi connectivity index (χ4n) is 2.47. The number of benzene rings is 1. The Morgan fingerprint density at radius 3 is 2.81 bits per heavy atom. The first-order valence-electron chi connectivity index (χ1n) is 7.04. The standard InChI is InChI=1S/C15H20BrFN2O2/c1-21-10-15(20)19-6-4-13(5-7-19)18-9-11-2-3-12(17)8-14(11)16/h2-3,8,13,18H,4-7,9-10H2,1H3. The molecule has 1 aromatic rings. The van der Waals surface area contributed by atoms with Gasteiger partial charge < -0.3 is 15.0 Å². The van der Waals surface area contributed by atoms with E-state index in [4.69, 9.17) is 4.74 Å². The molecule has 21 heavy (non-hydrogen) atoms. The number of rotatable bonds is 5. The van der Waals surface area contributed by atoms with Crippen molar-refractivity contribution in [3.05, 3.63) is 34.1 Å². The van der Waals surface area contributed by atoms with Gasteiger partial charge in [0, 0.05) is 37.3 Å². The second-order valence-corrected chi connectivity index (χ2v) is 6.06. The summed E-state index contributed by atoms with van der Waals surface area (Å²) < 4.78 is 18.7. The van der Waals surface area contributed by atoms with E-state index in [1.807, 2.05) is 4.90 Å². The van der Waals surface area contributed by atoms with E-state index in [-0.39, 0.29) is 18.3 Å². The molecule has 6 heteroatoms. The van der Waals surface area contributed by atoms with Crippen LogP contribution in [0.25, 0.3) is 0 Å². The normalized spacial score (nSPS) is 16.2. The number of methoxy groups -OCH3 is 1. The van der Waals surface area contributed by atoms with Crippen LogP contribution in [-0.2, 0) is 16.1 Å². The van der Waals surface area contributed by atoms with Crippen LogP contribution in [0.3, 0.4) is 0 Å². The maximum atomic E-state index is 13.0. The topological polar surface area (TPSA) is 41.6 Å². The average Bonchev–Trinajstić information content (AvgIpc) is 2.47. The molecule has 2 rings (SSSR count). The van der Waals surface area contributed by atoms with E-state index in [0.717, 1.165) is 36.0 Å². The Morgan fingerprint density at radius 2 is 2.19 bits per heavy atom. The van der Waals surface area contributed by atoms with E-state index in [2.05, 4.69) is 21.2 Å². The number of piperidine rings is 1. The molecule has 1 aromatic carbocycles. The Bertz CT molecular complexity index is 491. The summed E-state index contributed by atoms with van der Waals surface area (Å²) in [6, 6.07) is 5.11. The van der Waals surface area contributed by atoms with Crippen molar-refractivity contribution in [2.45, 2.75) is 25.4 Å². The van der Waals surface area contributed by atoms with Gasteiger partial charge in [0.2, 0.25) is 5.91 Å². The average molecular weight is 359 g/mol. The molecular formula is C15H20BrFN2O2. The number of ether oxygens (including phenoxy) is 1. The number of hydrogen-bond donors (Lipinski definition) is 1. The van der Waals surface area contributed by atoms with Gasteiger partial charge in [-0.3, -0.25) is 4.79 Å². The van der Waals surface area contributed by atoms with E-state index in [0.29, 0.717) is 12.6 Å². The minimum atomic E-state index is -0.240. The zero-order valence-electron chi connectivity index (χ0n) is 12.1. The van der Waals surface area contributed by atoms with Gasteiger partial charge in [0.05, 0.1) is 0 Å². The number of nitrogens with one attached hydrogen (secondary N) is 1. The predicted molar refractivity (Wildman–Crippen MR) is 82.4 cm³/mol. The van der Waals surface area contributed by atoms with E-state index in [9.17, 15) is 9.18 Å². The molecular weight excluding hydrogens is 339 g/mol. The lowest BCUT2D eigenvalue weighted by atomic mass is 10.0. The molecule has 1 N–H and O–H groups in total. The Balaban J connectivity index is 1.77. The molecule has 0 radical (unpaired) electrons. The molecule has 116 valence electrons. The van der Waals surface area contributed by atoms with E-state index >= 15 is 0 Å². The van der Waals surface area contributed by atoms with Gasteiger partial charge in [-0.25, -0.2) is 4.39 Å². The zero-order chi connectivity index (χ0) is 15.2. The Kier molecular flexibility index (Phi) is 6.14. The smallest absolute Gasteiger partial charge is 0.248 e. The fourth-order valence-corrected chi connectivity index (χ4v) is 2.96. The molecule has 4 nitrogen and oxygen atoms in total. The number of hydrogen-bond acceptors (Lipinski definition) is 3. The van der Waals surface area contributed by atoms with Gasteiger partial charge in [0.25, 0.3) is 0 Å². The maximum absolute atomic E-state index is 13.0. The molecule has 1 aliphatic heterocycles. The molecule has 0 aliphatic carbocycles. The van der Waals surface area contributed by atoms with Crippen molar-refractivity contribution in [1.29, 1.82) is 0 Å². The number of nitrogens with zero attached hydrogens (tertiary/aromatic N) is 1.